The number of hydrogen-bond acceptors (Lipinski definition) is 5. The highest BCUT2D eigenvalue weighted by Gasteiger charge is 2.27. The van der Waals surface area contributed by atoms with Gasteiger partial charge in [0.2, 0.25) is 15.9 Å². The van der Waals surface area contributed by atoms with Gasteiger partial charge in [-0.3, -0.25) is 4.79 Å². The number of nitrogens with zero attached hydrogens (tertiary/aromatic N) is 3. The van der Waals surface area contributed by atoms with Crippen molar-refractivity contribution in [1.29, 1.82) is 0 Å². The van der Waals surface area contributed by atoms with Crippen LogP contribution in [0.15, 0.2) is 29.2 Å². The van der Waals surface area contributed by atoms with Gasteiger partial charge in [0.05, 0.1) is 4.90 Å². The lowest BCUT2D eigenvalue weighted by atomic mass is 10.2. The maximum absolute atomic E-state index is 13.2. The van der Waals surface area contributed by atoms with Crippen LogP contribution >= 0.6 is 0 Å². The van der Waals surface area contributed by atoms with Crippen molar-refractivity contribution in [3.63, 3.8) is 0 Å². The molecule has 2 saturated heterocycles. The van der Waals surface area contributed by atoms with Crippen LogP contribution in [0.5, 0.6) is 0 Å². The Kier molecular flexibility index (Phi) is 7.45. The Bertz CT molecular complexity index is 739. The molecule has 0 aliphatic carbocycles. The van der Waals surface area contributed by atoms with Gasteiger partial charge in [-0.1, -0.05) is 17.7 Å². The number of carbonyl (C=O) groups is 1. The molecule has 156 valence electrons. The number of rotatable bonds is 8. The van der Waals surface area contributed by atoms with E-state index >= 15 is 0 Å². The van der Waals surface area contributed by atoms with E-state index in [1.165, 1.54) is 17.1 Å². The summed E-state index contributed by atoms with van der Waals surface area (Å²) in [5.74, 6) is 0.0341. The summed E-state index contributed by atoms with van der Waals surface area (Å²) in [5, 5.41) is 3.23. The van der Waals surface area contributed by atoms with Crippen LogP contribution in [-0.4, -0.2) is 87.3 Å². The Hall–Kier alpha value is -1.48. The van der Waals surface area contributed by atoms with Crippen molar-refractivity contribution in [1.82, 2.24) is 19.4 Å². The van der Waals surface area contributed by atoms with Crippen LogP contribution in [0.1, 0.15) is 24.8 Å². The number of benzene rings is 1. The molecule has 2 aliphatic heterocycles. The first-order chi connectivity index (χ1) is 13.5. The molecule has 0 spiro atoms. The summed E-state index contributed by atoms with van der Waals surface area (Å²) in [7, 11) is -3.61. The molecule has 8 heteroatoms. The van der Waals surface area contributed by atoms with Crippen molar-refractivity contribution in [2.75, 3.05) is 58.9 Å². The predicted molar refractivity (Wildman–Crippen MR) is 110 cm³/mol. The number of nitrogens with one attached hydrogen (secondary N) is 1. The number of piperazine rings is 1. The number of carbonyl (C=O) groups excluding carboxylic acids is 1. The van der Waals surface area contributed by atoms with Crippen molar-refractivity contribution in [3.05, 3.63) is 29.8 Å². The first-order valence-electron chi connectivity index (χ1n) is 10.2. The standard InChI is InChI=1S/C20H32N4O3S/c1-18-4-6-19(7-5-18)28(26,27)24(17-16-22-11-2-3-12-22)13-8-20(25)23-14-9-21-10-15-23/h4-7,21H,2-3,8-17H2,1H3. The largest absolute Gasteiger partial charge is 0.340 e. The van der Waals surface area contributed by atoms with Gasteiger partial charge in [-0.05, 0) is 45.0 Å². The normalized spacial score (nSPS) is 18.7. The zero-order valence-corrected chi connectivity index (χ0v) is 17.6. The Labute approximate surface area is 168 Å². The molecule has 1 aromatic rings. The fourth-order valence-electron chi connectivity index (χ4n) is 3.76. The molecule has 7 nitrogen and oxygen atoms in total. The lowest BCUT2D eigenvalue weighted by molar-refractivity contribution is -0.131. The van der Waals surface area contributed by atoms with Crippen LogP contribution in [0.2, 0.25) is 0 Å². The van der Waals surface area contributed by atoms with Gasteiger partial charge in [0.15, 0.2) is 0 Å². The summed E-state index contributed by atoms with van der Waals surface area (Å²) in [4.78, 5) is 17.0. The third-order valence-corrected chi connectivity index (χ3v) is 7.48. The van der Waals surface area contributed by atoms with Gasteiger partial charge in [-0.15, -0.1) is 0 Å². The lowest BCUT2D eigenvalue weighted by Crippen LogP contribution is -2.47. The monoisotopic (exact) mass is 408 g/mol. The van der Waals surface area contributed by atoms with Gasteiger partial charge >= 0.3 is 0 Å². The summed E-state index contributed by atoms with van der Waals surface area (Å²) in [6, 6.07) is 6.95. The molecule has 0 radical (unpaired) electrons. The Morgan fingerprint density at radius 1 is 1.04 bits per heavy atom. The number of likely N-dealkylation sites (tertiary alicyclic amines) is 1. The third-order valence-electron chi connectivity index (χ3n) is 5.57. The SMILES string of the molecule is Cc1ccc(S(=O)(=O)N(CCC(=O)N2CCNCC2)CCN2CCCC2)cc1. The Balaban J connectivity index is 1.68. The topological polar surface area (TPSA) is 73.0 Å². The van der Waals surface area contributed by atoms with E-state index in [2.05, 4.69) is 10.2 Å². The minimum atomic E-state index is -3.61. The average Bonchev–Trinajstić information content (AvgIpc) is 3.22. The van der Waals surface area contributed by atoms with Crippen molar-refractivity contribution in [2.45, 2.75) is 31.1 Å². The molecule has 3 rings (SSSR count). The van der Waals surface area contributed by atoms with Gasteiger partial charge in [0.25, 0.3) is 0 Å². The van der Waals surface area contributed by atoms with Crippen LogP contribution in [0.4, 0.5) is 0 Å². The number of amides is 1. The van der Waals surface area contributed by atoms with Crippen molar-refractivity contribution < 1.29 is 13.2 Å². The maximum atomic E-state index is 13.2. The number of hydrogen-bond donors (Lipinski definition) is 1. The van der Waals surface area contributed by atoms with E-state index in [-0.39, 0.29) is 18.9 Å². The number of sulfonamides is 1. The maximum Gasteiger partial charge on any atom is 0.243 e. The highest BCUT2D eigenvalue weighted by atomic mass is 32.2. The molecule has 0 atom stereocenters. The van der Waals surface area contributed by atoms with Crippen molar-refractivity contribution in [2.24, 2.45) is 0 Å². The van der Waals surface area contributed by atoms with Crippen molar-refractivity contribution in [3.8, 4) is 0 Å². The molecule has 0 unspecified atom stereocenters. The summed E-state index contributed by atoms with van der Waals surface area (Å²) >= 11 is 0. The van der Waals surface area contributed by atoms with E-state index in [1.807, 2.05) is 24.0 Å². The molecule has 0 aromatic heterocycles. The smallest absolute Gasteiger partial charge is 0.243 e. The van der Waals surface area contributed by atoms with Gasteiger partial charge in [0, 0.05) is 52.2 Å². The Morgan fingerprint density at radius 2 is 1.68 bits per heavy atom. The van der Waals surface area contributed by atoms with Crippen LogP contribution in [0, 0.1) is 6.92 Å². The fraction of sp³-hybridized carbons (Fsp3) is 0.650. The van der Waals surface area contributed by atoms with E-state index in [1.54, 1.807) is 12.1 Å². The van der Waals surface area contributed by atoms with E-state index in [9.17, 15) is 13.2 Å². The molecule has 1 amide bonds. The van der Waals surface area contributed by atoms with Crippen LogP contribution in [-0.2, 0) is 14.8 Å². The molecular formula is C20H32N4O3S. The number of aryl methyl sites for hydroxylation is 1. The van der Waals surface area contributed by atoms with Gasteiger partial charge in [0.1, 0.15) is 0 Å². The summed E-state index contributed by atoms with van der Waals surface area (Å²) in [6.07, 6.45) is 2.57. The van der Waals surface area contributed by atoms with Gasteiger partial charge in [-0.2, -0.15) is 4.31 Å². The first kappa shape index (κ1) is 21.2. The molecule has 0 saturated carbocycles. The predicted octanol–water partition coefficient (Wildman–Crippen LogP) is 0.903. The zero-order chi connectivity index (χ0) is 20.0. The minimum absolute atomic E-state index is 0.0341. The fourth-order valence-corrected chi connectivity index (χ4v) is 5.20. The lowest BCUT2D eigenvalue weighted by Gasteiger charge is -2.29. The van der Waals surface area contributed by atoms with E-state index in [4.69, 9.17) is 0 Å². The van der Waals surface area contributed by atoms with Crippen LogP contribution < -0.4 is 5.32 Å². The molecule has 2 aliphatic rings. The summed E-state index contributed by atoms with van der Waals surface area (Å²) in [5.41, 5.74) is 1.02. The zero-order valence-electron chi connectivity index (χ0n) is 16.8. The molecule has 28 heavy (non-hydrogen) atoms. The van der Waals surface area contributed by atoms with E-state index in [0.29, 0.717) is 31.1 Å². The molecular weight excluding hydrogens is 376 g/mol. The van der Waals surface area contributed by atoms with Crippen LogP contribution in [0.3, 0.4) is 0 Å². The quantitative estimate of drug-likeness (QED) is 0.692. The second-order valence-electron chi connectivity index (χ2n) is 7.65. The molecule has 2 heterocycles. The minimum Gasteiger partial charge on any atom is -0.340 e. The summed E-state index contributed by atoms with van der Waals surface area (Å²) in [6.45, 7) is 8.33. The second kappa shape index (κ2) is 9.82. The van der Waals surface area contributed by atoms with Crippen molar-refractivity contribution >= 4 is 15.9 Å². The molecule has 1 N–H and O–H groups in total. The average molecular weight is 409 g/mol. The highest BCUT2D eigenvalue weighted by Crippen LogP contribution is 2.18. The van der Waals surface area contributed by atoms with Gasteiger partial charge < -0.3 is 15.1 Å². The Morgan fingerprint density at radius 3 is 2.32 bits per heavy atom. The molecule has 0 bridgehead atoms. The second-order valence-corrected chi connectivity index (χ2v) is 9.58. The molecule has 2 fully saturated rings. The van der Waals surface area contributed by atoms with E-state index < -0.39 is 10.0 Å². The third kappa shape index (κ3) is 5.53. The van der Waals surface area contributed by atoms with Crippen LogP contribution in [0.25, 0.3) is 0 Å². The summed E-state index contributed by atoms with van der Waals surface area (Å²) < 4.78 is 27.9. The highest BCUT2D eigenvalue weighted by molar-refractivity contribution is 7.89. The van der Waals surface area contributed by atoms with E-state index in [0.717, 1.165) is 31.7 Å². The van der Waals surface area contributed by atoms with Gasteiger partial charge in [-0.25, -0.2) is 8.42 Å². The first-order valence-corrected chi connectivity index (χ1v) is 11.7. The molecule has 1 aromatic carbocycles.